The lowest BCUT2D eigenvalue weighted by Crippen LogP contribution is -2.37. The maximum atomic E-state index is 5.58. The van der Waals surface area contributed by atoms with Crippen LogP contribution in [0.2, 0.25) is 0 Å². The minimum absolute atomic E-state index is 0.382. The molecule has 0 aromatic heterocycles. The van der Waals surface area contributed by atoms with Gasteiger partial charge in [-0.05, 0) is 41.9 Å². The fraction of sp³-hybridized carbons (Fsp3) is 0.571. The maximum absolute atomic E-state index is 5.58. The van der Waals surface area contributed by atoms with Crippen LogP contribution in [0.3, 0.4) is 0 Å². The molecule has 0 bridgehead atoms. The Kier molecular flexibility index (Phi) is 6.63. The van der Waals surface area contributed by atoms with Crippen LogP contribution in [0.1, 0.15) is 37.3 Å². The van der Waals surface area contributed by atoms with Gasteiger partial charge in [-0.25, -0.2) is 0 Å². The Morgan fingerprint density at radius 2 is 1.88 bits per heavy atom. The smallest absolute Gasteiger partial charge is 0.0258 e. The van der Waals surface area contributed by atoms with E-state index in [2.05, 4.69) is 49.8 Å². The highest BCUT2D eigenvalue weighted by Crippen LogP contribution is 2.16. The van der Waals surface area contributed by atoms with Crippen molar-refractivity contribution in [3.63, 3.8) is 0 Å². The summed E-state index contributed by atoms with van der Waals surface area (Å²) in [5.41, 5.74) is 5.67. The van der Waals surface area contributed by atoms with E-state index in [0.29, 0.717) is 12.0 Å². The molecule has 0 saturated heterocycles. The zero-order chi connectivity index (χ0) is 12.7. The SMILES string of the molecule is CSCCC(Cc1ccc(C(C)C)cc1)NN. The summed E-state index contributed by atoms with van der Waals surface area (Å²) in [6.07, 6.45) is 4.25. The predicted octanol–water partition coefficient (Wildman–Crippen LogP) is 2.94. The summed E-state index contributed by atoms with van der Waals surface area (Å²) in [7, 11) is 0. The molecule has 1 aromatic carbocycles. The molecule has 0 fully saturated rings. The Bertz CT molecular complexity index is 309. The molecule has 2 nitrogen and oxygen atoms in total. The largest absolute Gasteiger partial charge is 0.271 e. The van der Waals surface area contributed by atoms with Gasteiger partial charge in [0, 0.05) is 6.04 Å². The first kappa shape index (κ1) is 14.6. The Labute approximate surface area is 109 Å². The highest BCUT2D eigenvalue weighted by Gasteiger charge is 2.07. The Balaban J connectivity index is 2.54. The van der Waals surface area contributed by atoms with Crippen LogP contribution in [0.15, 0.2) is 24.3 Å². The van der Waals surface area contributed by atoms with Crippen LogP contribution < -0.4 is 11.3 Å². The van der Waals surface area contributed by atoms with E-state index in [1.807, 2.05) is 11.8 Å². The van der Waals surface area contributed by atoms with Gasteiger partial charge in [0.05, 0.1) is 0 Å². The highest BCUT2D eigenvalue weighted by molar-refractivity contribution is 7.98. The van der Waals surface area contributed by atoms with Gasteiger partial charge in [-0.15, -0.1) is 0 Å². The number of hydrogen-bond donors (Lipinski definition) is 2. The molecule has 3 heteroatoms. The van der Waals surface area contributed by atoms with Crippen molar-refractivity contribution in [1.29, 1.82) is 0 Å². The number of nitrogens with one attached hydrogen (secondary N) is 1. The third-order valence-electron chi connectivity index (χ3n) is 3.03. The van der Waals surface area contributed by atoms with E-state index in [9.17, 15) is 0 Å². The summed E-state index contributed by atoms with van der Waals surface area (Å²) >= 11 is 1.87. The Hall–Kier alpha value is -0.510. The van der Waals surface area contributed by atoms with E-state index in [4.69, 9.17) is 5.84 Å². The van der Waals surface area contributed by atoms with Crippen LogP contribution in [-0.2, 0) is 6.42 Å². The van der Waals surface area contributed by atoms with E-state index in [1.165, 1.54) is 11.1 Å². The number of hydrazine groups is 1. The summed E-state index contributed by atoms with van der Waals surface area (Å²) in [5, 5.41) is 0. The monoisotopic (exact) mass is 252 g/mol. The lowest BCUT2D eigenvalue weighted by molar-refractivity contribution is 0.514. The predicted molar refractivity (Wildman–Crippen MR) is 78.3 cm³/mol. The minimum Gasteiger partial charge on any atom is -0.271 e. The van der Waals surface area contributed by atoms with Gasteiger partial charge in [0.25, 0.3) is 0 Å². The van der Waals surface area contributed by atoms with Gasteiger partial charge in [-0.3, -0.25) is 11.3 Å². The summed E-state index contributed by atoms with van der Waals surface area (Å²) < 4.78 is 0. The highest BCUT2D eigenvalue weighted by atomic mass is 32.2. The third kappa shape index (κ3) is 5.11. The minimum atomic E-state index is 0.382. The van der Waals surface area contributed by atoms with Crippen LogP contribution in [0.25, 0.3) is 0 Å². The standard InChI is InChI=1S/C14H24N2S/c1-11(2)13-6-4-12(5-7-13)10-14(16-15)8-9-17-3/h4-7,11,14,16H,8-10,15H2,1-3H3. The third-order valence-corrected chi connectivity index (χ3v) is 3.68. The molecule has 17 heavy (non-hydrogen) atoms. The molecule has 0 amide bonds. The van der Waals surface area contributed by atoms with Crippen LogP contribution in [0, 0.1) is 0 Å². The second-order valence-electron chi connectivity index (χ2n) is 4.75. The molecule has 3 N–H and O–H groups in total. The number of rotatable bonds is 7. The molecule has 0 aliphatic carbocycles. The molecule has 0 aliphatic rings. The van der Waals surface area contributed by atoms with Crippen LogP contribution in [0.5, 0.6) is 0 Å². The number of hydrogen-bond acceptors (Lipinski definition) is 3. The molecular weight excluding hydrogens is 228 g/mol. The van der Waals surface area contributed by atoms with Gasteiger partial charge in [-0.2, -0.15) is 11.8 Å². The second-order valence-corrected chi connectivity index (χ2v) is 5.73. The molecule has 0 spiro atoms. The Morgan fingerprint density at radius 1 is 1.24 bits per heavy atom. The lowest BCUT2D eigenvalue weighted by atomic mass is 9.98. The number of thioether (sulfide) groups is 1. The molecular formula is C14H24N2S. The van der Waals surface area contributed by atoms with Crippen LogP contribution >= 0.6 is 11.8 Å². The molecule has 0 heterocycles. The van der Waals surface area contributed by atoms with Gasteiger partial charge < -0.3 is 0 Å². The summed E-state index contributed by atoms with van der Waals surface area (Å²) in [6, 6.07) is 9.27. The van der Waals surface area contributed by atoms with Crippen LogP contribution in [-0.4, -0.2) is 18.1 Å². The first-order valence-corrected chi connectivity index (χ1v) is 7.60. The fourth-order valence-corrected chi connectivity index (χ4v) is 2.35. The number of benzene rings is 1. The van der Waals surface area contributed by atoms with E-state index in [0.717, 1.165) is 18.6 Å². The van der Waals surface area contributed by atoms with Gasteiger partial charge in [0.1, 0.15) is 0 Å². The maximum Gasteiger partial charge on any atom is 0.0258 e. The molecule has 1 aromatic rings. The Morgan fingerprint density at radius 3 is 2.35 bits per heavy atom. The van der Waals surface area contributed by atoms with Crippen molar-refractivity contribution in [1.82, 2.24) is 5.43 Å². The molecule has 0 radical (unpaired) electrons. The van der Waals surface area contributed by atoms with Crippen molar-refractivity contribution in [2.45, 2.75) is 38.6 Å². The first-order chi connectivity index (χ1) is 8.17. The van der Waals surface area contributed by atoms with Crippen LogP contribution in [0.4, 0.5) is 0 Å². The molecule has 0 saturated carbocycles. The van der Waals surface area contributed by atoms with Gasteiger partial charge in [0.15, 0.2) is 0 Å². The van der Waals surface area contributed by atoms with Gasteiger partial charge in [0.2, 0.25) is 0 Å². The quantitative estimate of drug-likeness (QED) is 0.579. The average Bonchev–Trinajstić information content (AvgIpc) is 2.35. The van der Waals surface area contributed by atoms with E-state index in [-0.39, 0.29) is 0 Å². The van der Waals surface area contributed by atoms with Crippen molar-refractivity contribution in [2.75, 3.05) is 12.0 Å². The van der Waals surface area contributed by atoms with Crippen molar-refractivity contribution >= 4 is 11.8 Å². The van der Waals surface area contributed by atoms with Crippen molar-refractivity contribution in [2.24, 2.45) is 5.84 Å². The summed E-state index contributed by atoms with van der Waals surface area (Å²) in [6.45, 7) is 4.44. The molecule has 0 aliphatic heterocycles. The fourth-order valence-electron chi connectivity index (χ4n) is 1.83. The number of nitrogens with two attached hydrogens (primary N) is 1. The van der Waals surface area contributed by atoms with Crippen molar-refractivity contribution < 1.29 is 0 Å². The topological polar surface area (TPSA) is 38.0 Å². The van der Waals surface area contributed by atoms with E-state index >= 15 is 0 Å². The lowest BCUT2D eigenvalue weighted by Gasteiger charge is -2.15. The van der Waals surface area contributed by atoms with Crippen molar-refractivity contribution in [3.05, 3.63) is 35.4 Å². The normalized spacial score (nSPS) is 13.0. The molecule has 1 rings (SSSR count). The van der Waals surface area contributed by atoms with Gasteiger partial charge in [-0.1, -0.05) is 38.1 Å². The summed E-state index contributed by atoms with van der Waals surface area (Å²) in [5.74, 6) is 7.33. The molecule has 1 atom stereocenters. The van der Waals surface area contributed by atoms with Gasteiger partial charge >= 0.3 is 0 Å². The molecule has 1 unspecified atom stereocenters. The summed E-state index contributed by atoms with van der Waals surface area (Å²) in [4.78, 5) is 0. The second kappa shape index (κ2) is 7.75. The molecule has 96 valence electrons. The van der Waals surface area contributed by atoms with E-state index in [1.54, 1.807) is 0 Å². The zero-order valence-electron chi connectivity index (χ0n) is 11.1. The first-order valence-electron chi connectivity index (χ1n) is 6.21. The average molecular weight is 252 g/mol. The van der Waals surface area contributed by atoms with Crippen molar-refractivity contribution in [3.8, 4) is 0 Å². The van der Waals surface area contributed by atoms with E-state index < -0.39 is 0 Å². The zero-order valence-corrected chi connectivity index (χ0v) is 11.9.